The lowest BCUT2D eigenvalue weighted by molar-refractivity contribution is -0.118. The van der Waals surface area contributed by atoms with Crippen LogP contribution in [0.15, 0.2) is 30.3 Å². The molecule has 2 heterocycles. The molecule has 0 saturated carbocycles. The number of carbonyl (C=O) groups excluding carboxylic acids is 1. The highest BCUT2D eigenvalue weighted by atomic mass is 32.1. The predicted octanol–water partition coefficient (Wildman–Crippen LogP) is 2.47. The number of carbonyl (C=O) groups is 1. The minimum absolute atomic E-state index is 0.0407. The molecule has 1 aromatic carbocycles. The summed E-state index contributed by atoms with van der Waals surface area (Å²) in [6.07, 6.45) is -0.678. The number of amides is 1. The van der Waals surface area contributed by atoms with E-state index in [-0.39, 0.29) is 12.5 Å². The molecule has 1 amide bonds. The van der Waals surface area contributed by atoms with Crippen molar-refractivity contribution in [3.05, 3.63) is 45.6 Å². The smallest absolute Gasteiger partial charge is 0.262 e. The van der Waals surface area contributed by atoms with E-state index in [0.29, 0.717) is 11.4 Å². The van der Waals surface area contributed by atoms with Crippen LogP contribution in [-0.4, -0.2) is 17.6 Å². The predicted molar refractivity (Wildman–Crippen MR) is 73.7 cm³/mol. The van der Waals surface area contributed by atoms with Gasteiger partial charge in [0.25, 0.3) is 5.91 Å². The second-order valence-electron chi connectivity index (χ2n) is 4.44. The van der Waals surface area contributed by atoms with E-state index < -0.39 is 6.10 Å². The third kappa shape index (κ3) is 2.34. The van der Waals surface area contributed by atoms with Crippen LogP contribution >= 0.6 is 11.3 Å². The van der Waals surface area contributed by atoms with Gasteiger partial charge in [0.1, 0.15) is 11.9 Å². The van der Waals surface area contributed by atoms with Gasteiger partial charge < -0.3 is 15.2 Å². The molecular weight excluding hydrogens is 262 g/mol. The summed E-state index contributed by atoms with van der Waals surface area (Å²) in [7, 11) is 0. The Labute approximate surface area is 114 Å². The molecule has 0 spiro atoms. The zero-order valence-corrected chi connectivity index (χ0v) is 11.2. The van der Waals surface area contributed by atoms with Crippen LogP contribution in [0, 0.1) is 6.92 Å². The lowest BCUT2D eigenvalue weighted by Crippen LogP contribution is -2.25. The zero-order valence-electron chi connectivity index (χ0n) is 10.3. The minimum Gasteiger partial charge on any atom is -0.482 e. The first-order valence-electron chi connectivity index (χ1n) is 5.94. The van der Waals surface area contributed by atoms with E-state index in [0.717, 1.165) is 15.3 Å². The Hall–Kier alpha value is -1.85. The van der Waals surface area contributed by atoms with E-state index in [1.54, 1.807) is 23.5 Å². The fourth-order valence-corrected chi connectivity index (χ4v) is 2.93. The molecule has 0 bridgehead atoms. The summed E-state index contributed by atoms with van der Waals surface area (Å²) in [5.74, 6) is 0.462. The number of rotatable bonds is 2. The first-order chi connectivity index (χ1) is 9.13. The number of hydrogen-bond donors (Lipinski definition) is 2. The summed E-state index contributed by atoms with van der Waals surface area (Å²) in [4.78, 5) is 13.3. The molecule has 0 fully saturated rings. The Balaban J connectivity index is 1.93. The van der Waals surface area contributed by atoms with Gasteiger partial charge in [-0.15, -0.1) is 11.3 Å². The average molecular weight is 275 g/mol. The van der Waals surface area contributed by atoms with Crippen LogP contribution in [0.5, 0.6) is 5.75 Å². The molecule has 1 atom stereocenters. The second kappa shape index (κ2) is 4.68. The molecule has 1 aliphatic rings. The van der Waals surface area contributed by atoms with Gasteiger partial charge in [0.15, 0.2) is 6.61 Å². The van der Waals surface area contributed by atoms with Gasteiger partial charge in [-0.3, -0.25) is 4.79 Å². The summed E-state index contributed by atoms with van der Waals surface area (Å²) < 4.78 is 5.29. The average Bonchev–Trinajstić information content (AvgIpc) is 2.83. The quantitative estimate of drug-likeness (QED) is 0.885. The summed E-state index contributed by atoms with van der Waals surface area (Å²) >= 11 is 1.56. The normalized spacial score (nSPS) is 15.4. The molecule has 3 rings (SSSR count). The third-order valence-corrected chi connectivity index (χ3v) is 4.04. The maximum atomic E-state index is 11.3. The van der Waals surface area contributed by atoms with Crippen LogP contribution in [0.2, 0.25) is 0 Å². The van der Waals surface area contributed by atoms with Crippen LogP contribution in [0.4, 0.5) is 5.69 Å². The number of benzene rings is 1. The van der Waals surface area contributed by atoms with E-state index in [2.05, 4.69) is 5.32 Å². The van der Waals surface area contributed by atoms with Gasteiger partial charge >= 0.3 is 0 Å². The number of hydrogen-bond acceptors (Lipinski definition) is 4. The Morgan fingerprint density at radius 2 is 2.21 bits per heavy atom. The van der Waals surface area contributed by atoms with E-state index in [1.807, 2.05) is 25.1 Å². The number of ether oxygens (including phenoxy) is 1. The lowest BCUT2D eigenvalue weighted by Gasteiger charge is -2.19. The van der Waals surface area contributed by atoms with Crippen molar-refractivity contribution in [2.75, 3.05) is 11.9 Å². The molecule has 1 aliphatic heterocycles. The van der Waals surface area contributed by atoms with Gasteiger partial charge in [0.05, 0.1) is 5.69 Å². The standard InChI is InChI=1S/C14H13NO3S/c1-8-2-5-12(19-8)14(17)9-3-4-11-10(6-9)15-13(16)7-18-11/h2-6,14,17H,7H2,1H3,(H,15,16). The Bertz CT molecular complexity index is 635. The number of fused-ring (bicyclic) bond motifs is 1. The molecule has 5 heteroatoms. The van der Waals surface area contributed by atoms with Crippen LogP contribution in [0.25, 0.3) is 0 Å². The van der Waals surface area contributed by atoms with Crippen LogP contribution in [0.1, 0.15) is 21.4 Å². The first kappa shape index (κ1) is 12.2. The summed E-state index contributed by atoms with van der Waals surface area (Å²) in [6.45, 7) is 2.04. The second-order valence-corrected chi connectivity index (χ2v) is 5.76. The number of thiophene rings is 1. The minimum atomic E-state index is -0.678. The Morgan fingerprint density at radius 3 is 2.95 bits per heavy atom. The number of aliphatic hydroxyl groups is 1. The van der Waals surface area contributed by atoms with Gasteiger partial charge in [-0.2, -0.15) is 0 Å². The molecule has 0 aliphatic carbocycles. The van der Waals surface area contributed by atoms with Crippen molar-refractivity contribution < 1.29 is 14.6 Å². The first-order valence-corrected chi connectivity index (χ1v) is 6.76. The highest BCUT2D eigenvalue weighted by Gasteiger charge is 2.19. The van der Waals surface area contributed by atoms with Gasteiger partial charge in [-0.25, -0.2) is 0 Å². The highest BCUT2D eigenvalue weighted by molar-refractivity contribution is 7.12. The largest absolute Gasteiger partial charge is 0.482 e. The number of anilines is 1. The molecule has 0 radical (unpaired) electrons. The molecule has 4 nitrogen and oxygen atoms in total. The fourth-order valence-electron chi connectivity index (χ4n) is 2.04. The van der Waals surface area contributed by atoms with Gasteiger partial charge in [-0.1, -0.05) is 6.07 Å². The zero-order chi connectivity index (χ0) is 13.4. The molecule has 1 unspecified atom stereocenters. The summed E-state index contributed by atoms with van der Waals surface area (Å²) in [5, 5.41) is 13.1. The maximum Gasteiger partial charge on any atom is 0.262 e. The highest BCUT2D eigenvalue weighted by Crippen LogP contribution is 2.34. The van der Waals surface area contributed by atoms with Crippen molar-refractivity contribution in [1.82, 2.24) is 0 Å². The van der Waals surface area contributed by atoms with Crippen molar-refractivity contribution in [2.24, 2.45) is 0 Å². The van der Waals surface area contributed by atoms with Crippen molar-refractivity contribution in [1.29, 1.82) is 0 Å². The van der Waals surface area contributed by atoms with Gasteiger partial charge in [0.2, 0.25) is 0 Å². The molecular formula is C14H13NO3S. The molecule has 2 aromatic rings. The lowest BCUT2D eigenvalue weighted by atomic mass is 10.1. The van der Waals surface area contributed by atoms with Crippen molar-refractivity contribution in [3.8, 4) is 5.75 Å². The Morgan fingerprint density at radius 1 is 1.37 bits per heavy atom. The van der Waals surface area contributed by atoms with Crippen molar-refractivity contribution in [2.45, 2.75) is 13.0 Å². The SMILES string of the molecule is Cc1ccc(C(O)c2ccc3c(c2)NC(=O)CO3)s1. The van der Waals surface area contributed by atoms with Crippen molar-refractivity contribution >= 4 is 22.9 Å². The van der Waals surface area contributed by atoms with Crippen LogP contribution in [-0.2, 0) is 4.79 Å². The Kier molecular flexibility index (Phi) is 3.00. The number of aryl methyl sites for hydroxylation is 1. The van der Waals surface area contributed by atoms with Crippen molar-refractivity contribution in [3.63, 3.8) is 0 Å². The summed E-state index contributed by atoms with van der Waals surface area (Å²) in [6, 6.07) is 9.24. The van der Waals surface area contributed by atoms with E-state index in [9.17, 15) is 9.90 Å². The van der Waals surface area contributed by atoms with Crippen LogP contribution in [0.3, 0.4) is 0 Å². The number of aliphatic hydroxyl groups excluding tert-OH is 1. The molecule has 19 heavy (non-hydrogen) atoms. The topological polar surface area (TPSA) is 58.6 Å². The van der Waals surface area contributed by atoms with E-state index in [4.69, 9.17) is 4.74 Å². The molecule has 2 N–H and O–H groups in total. The van der Waals surface area contributed by atoms with Gasteiger partial charge in [0, 0.05) is 9.75 Å². The third-order valence-electron chi connectivity index (χ3n) is 2.98. The molecule has 0 saturated heterocycles. The number of nitrogens with one attached hydrogen (secondary N) is 1. The monoisotopic (exact) mass is 275 g/mol. The summed E-state index contributed by atoms with van der Waals surface area (Å²) in [5.41, 5.74) is 1.35. The fraction of sp³-hybridized carbons (Fsp3) is 0.214. The van der Waals surface area contributed by atoms with E-state index >= 15 is 0 Å². The molecule has 98 valence electrons. The van der Waals surface area contributed by atoms with Crippen LogP contribution < -0.4 is 10.1 Å². The molecule has 1 aromatic heterocycles. The van der Waals surface area contributed by atoms with E-state index in [1.165, 1.54) is 0 Å². The van der Waals surface area contributed by atoms with Gasteiger partial charge in [-0.05, 0) is 36.8 Å². The maximum absolute atomic E-state index is 11.3.